The van der Waals surface area contributed by atoms with Crippen LogP contribution in [0.1, 0.15) is 48.9 Å². The number of benzene rings is 2. The third-order valence-electron chi connectivity index (χ3n) is 5.34. The van der Waals surface area contributed by atoms with Gasteiger partial charge in [-0.25, -0.2) is 0 Å². The summed E-state index contributed by atoms with van der Waals surface area (Å²) in [5, 5.41) is 7.97. The molecule has 30 heavy (non-hydrogen) atoms. The van der Waals surface area contributed by atoms with Crippen LogP contribution in [0.2, 0.25) is 5.02 Å². The van der Waals surface area contributed by atoms with E-state index in [1.54, 1.807) is 19.5 Å². The van der Waals surface area contributed by atoms with E-state index in [-0.39, 0.29) is 6.04 Å². The number of nitrogens with one attached hydrogen (secondary N) is 2. The number of rotatable bonds is 5. The van der Waals surface area contributed by atoms with Crippen LogP contribution in [0.3, 0.4) is 0 Å². The summed E-state index contributed by atoms with van der Waals surface area (Å²) in [5.74, 6) is 0. The minimum Gasteiger partial charge on any atom is -0.404 e. The normalized spacial score (nSPS) is 18.9. The first-order valence-corrected chi connectivity index (χ1v) is 10.7. The predicted molar refractivity (Wildman–Crippen MR) is 129 cm³/mol. The van der Waals surface area contributed by atoms with Crippen molar-refractivity contribution < 1.29 is 0 Å². The molecule has 0 aromatic heterocycles. The summed E-state index contributed by atoms with van der Waals surface area (Å²) in [5.41, 5.74) is 19.4. The zero-order valence-electron chi connectivity index (χ0n) is 17.6. The van der Waals surface area contributed by atoms with E-state index in [2.05, 4.69) is 40.7 Å². The quantitative estimate of drug-likeness (QED) is 0.514. The van der Waals surface area contributed by atoms with E-state index < -0.39 is 0 Å². The largest absolute Gasteiger partial charge is 0.404 e. The number of allylic oxidation sites excluding steroid dienone is 2. The number of anilines is 1. The van der Waals surface area contributed by atoms with Crippen LogP contribution in [0, 0.1) is 0 Å². The lowest BCUT2D eigenvalue weighted by molar-refractivity contribution is 0.615. The molecule has 0 spiro atoms. The molecule has 0 amide bonds. The van der Waals surface area contributed by atoms with Gasteiger partial charge < -0.3 is 22.1 Å². The smallest absolute Gasteiger partial charge is 0.0607 e. The highest BCUT2D eigenvalue weighted by atomic mass is 35.5. The highest BCUT2D eigenvalue weighted by Gasteiger charge is 2.22. The summed E-state index contributed by atoms with van der Waals surface area (Å²) in [7, 11) is 1.74. The summed E-state index contributed by atoms with van der Waals surface area (Å²) in [6.45, 7) is 2.96. The van der Waals surface area contributed by atoms with E-state index in [4.69, 9.17) is 23.1 Å². The fourth-order valence-electron chi connectivity index (χ4n) is 3.74. The molecule has 158 valence electrons. The molecule has 1 unspecified atom stereocenters. The highest BCUT2D eigenvalue weighted by Crippen LogP contribution is 2.34. The number of aliphatic imine (C=N–C) groups is 1. The van der Waals surface area contributed by atoms with Gasteiger partial charge in [0.2, 0.25) is 0 Å². The molecule has 0 radical (unpaired) electrons. The van der Waals surface area contributed by atoms with Gasteiger partial charge in [0.25, 0.3) is 0 Å². The van der Waals surface area contributed by atoms with Gasteiger partial charge in [-0.05, 0) is 60.7 Å². The average molecular weight is 424 g/mol. The number of fused-ring (bicyclic) bond motifs is 1. The van der Waals surface area contributed by atoms with E-state index >= 15 is 0 Å². The third-order valence-corrected chi connectivity index (χ3v) is 5.59. The molecule has 1 aliphatic rings. The van der Waals surface area contributed by atoms with Crippen molar-refractivity contribution in [2.24, 2.45) is 16.5 Å². The van der Waals surface area contributed by atoms with Gasteiger partial charge in [0.05, 0.1) is 11.7 Å². The molecule has 2 aromatic rings. The number of nitrogens with zero attached hydrogens (tertiary/aromatic N) is 1. The Kier molecular flexibility index (Phi) is 7.41. The van der Waals surface area contributed by atoms with Gasteiger partial charge >= 0.3 is 0 Å². The molecule has 5 nitrogen and oxygen atoms in total. The first-order chi connectivity index (χ1) is 14.6. The van der Waals surface area contributed by atoms with Crippen LogP contribution in [0.4, 0.5) is 5.69 Å². The maximum Gasteiger partial charge on any atom is 0.0607 e. The second-order valence-electron chi connectivity index (χ2n) is 7.34. The Hall–Kier alpha value is -2.92. The van der Waals surface area contributed by atoms with Crippen LogP contribution in [0.15, 0.2) is 59.4 Å². The van der Waals surface area contributed by atoms with Gasteiger partial charge in [-0.1, -0.05) is 30.7 Å². The molecule has 0 saturated carbocycles. The lowest BCUT2D eigenvalue weighted by Crippen LogP contribution is -2.25. The van der Waals surface area contributed by atoms with Crippen LogP contribution in [0.5, 0.6) is 0 Å². The second-order valence-corrected chi connectivity index (χ2v) is 7.77. The fourth-order valence-corrected chi connectivity index (χ4v) is 3.87. The van der Waals surface area contributed by atoms with Crippen molar-refractivity contribution in [3.63, 3.8) is 0 Å². The molecule has 0 saturated heterocycles. The number of hydrogen-bond donors (Lipinski definition) is 4. The summed E-state index contributed by atoms with van der Waals surface area (Å²) in [6.07, 6.45) is 6.16. The van der Waals surface area contributed by atoms with Crippen molar-refractivity contribution in [1.82, 2.24) is 5.32 Å². The minimum absolute atomic E-state index is 0.125. The number of halogens is 1. The molecule has 3 rings (SSSR count). The Labute approximate surface area is 183 Å². The molecule has 0 bridgehead atoms. The zero-order chi connectivity index (χ0) is 21.5. The molecular formula is C24H30ClN5. The first-order valence-electron chi connectivity index (χ1n) is 10.3. The third kappa shape index (κ3) is 4.97. The van der Waals surface area contributed by atoms with Crippen molar-refractivity contribution in [3.8, 4) is 0 Å². The molecule has 1 aliphatic heterocycles. The minimum atomic E-state index is 0.125. The van der Waals surface area contributed by atoms with Crippen LogP contribution in [-0.4, -0.2) is 19.8 Å². The zero-order valence-corrected chi connectivity index (χ0v) is 18.3. The molecular weight excluding hydrogens is 394 g/mol. The monoisotopic (exact) mass is 423 g/mol. The Bertz CT molecular complexity index is 960. The van der Waals surface area contributed by atoms with Gasteiger partial charge in [-0.3, -0.25) is 4.99 Å². The lowest BCUT2D eigenvalue weighted by atomic mass is 9.89. The van der Waals surface area contributed by atoms with Crippen molar-refractivity contribution in [2.75, 3.05) is 18.9 Å². The topological polar surface area (TPSA) is 88.5 Å². The van der Waals surface area contributed by atoms with E-state index in [1.807, 2.05) is 24.3 Å². The van der Waals surface area contributed by atoms with Gasteiger partial charge in [0.15, 0.2) is 0 Å². The first kappa shape index (κ1) is 21.8. The number of hydrogen-bond acceptors (Lipinski definition) is 5. The molecule has 1 heterocycles. The van der Waals surface area contributed by atoms with Gasteiger partial charge in [-0.15, -0.1) is 0 Å². The van der Waals surface area contributed by atoms with E-state index in [1.165, 1.54) is 5.56 Å². The van der Waals surface area contributed by atoms with Crippen molar-refractivity contribution in [1.29, 1.82) is 0 Å². The van der Waals surface area contributed by atoms with Gasteiger partial charge in [-0.2, -0.15) is 0 Å². The Balaban J connectivity index is 2.13. The lowest BCUT2D eigenvalue weighted by Gasteiger charge is -2.29. The van der Waals surface area contributed by atoms with Crippen LogP contribution in [0.25, 0.3) is 11.3 Å². The van der Waals surface area contributed by atoms with Gasteiger partial charge in [0.1, 0.15) is 0 Å². The molecule has 2 aromatic carbocycles. The maximum atomic E-state index is 6.40. The van der Waals surface area contributed by atoms with E-state index in [0.29, 0.717) is 0 Å². The molecule has 6 heteroatoms. The Morgan fingerprint density at radius 1 is 1.27 bits per heavy atom. The standard InChI is InChI=1S/C24H30ClN5/c1-3-22(27)24-20-11-6-16(17(14-26)15-28-2)13-21(20)23(5-4-12-29-24)30-19-9-7-18(25)8-10-19/h6-11,13-15,23,29-30H,3-5,12,26-27H2,1-2H3/b17-14?,24-22-,28-15?. The molecule has 0 aliphatic carbocycles. The maximum absolute atomic E-state index is 6.40. The average Bonchev–Trinajstić information content (AvgIpc) is 2.76. The van der Waals surface area contributed by atoms with Gasteiger partial charge in [0, 0.05) is 53.6 Å². The Morgan fingerprint density at radius 2 is 2.03 bits per heavy atom. The van der Waals surface area contributed by atoms with Crippen molar-refractivity contribution >= 4 is 34.8 Å². The van der Waals surface area contributed by atoms with E-state index in [9.17, 15) is 0 Å². The summed E-state index contributed by atoms with van der Waals surface area (Å²) >= 11 is 6.07. The van der Waals surface area contributed by atoms with E-state index in [0.717, 1.165) is 64.6 Å². The van der Waals surface area contributed by atoms with Crippen LogP contribution in [-0.2, 0) is 0 Å². The second kappa shape index (κ2) is 10.2. The Morgan fingerprint density at radius 3 is 2.70 bits per heavy atom. The SMILES string of the molecule is CC/C(N)=C1/NCCCC(Nc2ccc(Cl)cc2)c2cc(C(C=NC)=CN)ccc21. The summed E-state index contributed by atoms with van der Waals surface area (Å²) in [4.78, 5) is 4.14. The summed E-state index contributed by atoms with van der Waals surface area (Å²) < 4.78 is 0. The van der Waals surface area contributed by atoms with Crippen molar-refractivity contribution in [2.45, 2.75) is 32.2 Å². The molecule has 1 atom stereocenters. The highest BCUT2D eigenvalue weighted by molar-refractivity contribution is 6.30. The number of nitrogens with two attached hydrogens (primary N) is 2. The predicted octanol–water partition coefficient (Wildman–Crippen LogP) is 4.91. The van der Waals surface area contributed by atoms with Crippen molar-refractivity contribution in [3.05, 3.63) is 76.1 Å². The molecule has 0 fully saturated rings. The fraction of sp³-hybridized carbons (Fsp3) is 0.292. The van der Waals surface area contributed by atoms with Crippen LogP contribution >= 0.6 is 11.6 Å². The summed E-state index contributed by atoms with van der Waals surface area (Å²) in [6, 6.07) is 14.3. The van der Waals surface area contributed by atoms with Crippen LogP contribution < -0.4 is 22.1 Å². The molecule has 6 N–H and O–H groups in total.